The number of rotatable bonds is 4. The second-order valence-corrected chi connectivity index (χ2v) is 4.25. The quantitative estimate of drug-likeness (QED) is 0.484. The first-order valence-electron chi connectivity index (χ1n) is 5.65. The van der Waals surface area contributed by atoms with Gasteiger partial charge in [-0.2, -0.15) is 0 Å². The third-order valence-corrected chi connectivity index (χ3v) is 2.90. The number of nitro groups is 1. The molecular weight excluding hydrogens is 264 g/mol. The maximum absolute atomic E-state index is 10.5. The van der Waals surface area contributed by atoms with Crippen LogP contribution in [0.3, 0.4) is 0 Å². The number of hydrogen-bond donors (Lipinski definition) is 0. The summed E-state index contributed by atoms with van der Waals surface area (Å²) in [6.45, 7) is 0.395. The molecule has 0 aromatic heterocycles. The SMILES string of the molecule is O=[N+]([O-])c1ccc(C/N=C(\Cl)c2ccccc2)cc1. The Morgan fingerprint density at radius 3 is 2.32 bits per heavy atom. The molecule has 0 aliphatic heterocycles. The number of benzene rings is 2. The lowest BCUT2D eigenvalue weighted by atomic mass is 10.2. The van der Waals surface area contributed by atoms with Gasteiger partial charge in [-0.25, -0.2) is 0 Å². The minimum atomic E-state index is -0.427. The highest BCUT2D eigenvalue weighted by Crippen LogP contribution is 2.13. The number of aliphatic imine (C=N–C) groups is 1. The van der Waals surface area contributed by atoms with E-state index in [1.165, 1.54) is 12.1 Å². The van der Waals surface area contributed by atoms with E-state index in [1.54, 1.807) is 12.1 Å². The van der Waals surface area contributed by atoms with Gasteiger partial charge in [0.1, 0.15) is 5.17 Å². The second kappa shape index (κ2) is 6.11. The smallest absolute Gasteiger partial charge is 0.268 e. The molecule has 0 radical (unpaired) electrons. The average Bonchev–Trinajstić information content (AvgIpc) is 2.46. The van der Waals surface area contributed by atoms with Gasteiger partial charge < -0.3 is 0 Å². The van der Waals surface area contributed by atoms with E-state index in [0.717, 1.165) is 11.1 Å². The van der Waals surface area contributed by atoms with Gasteiger partial charge in [0.05, 0.1) is 11.5 Å². The number of nitrogens with zero attached hydrogens (tertiary/aromatic N) is 2. The molecule has 2 aromatic carbocycles. The molecule has 0 saturated carbocycles. The van der Waals surface area contributed by atoms with Gasteiger partial charge in [-0.3, -0.25) is 15.1 Å². The normalized spacial score (nSPS) is 11.3. The number of hydrogen-bond acceptors (Lipinski definition) is 3. The minimum Gasteiger partial charge on any atom is -0.268 e. The van der Waals surface area contributed by atoms with E-state index in [1.807, 2.05) is 30.3 Å². The van der Waals surface area contributed by atoms with Crippen molar-refractivity contribution in [2.75, 3.05) is 0 Å². The first-order valence-corrected chi connectivity index (χ1v) is 6.03. The molecule has 2 rings (SSSR count). The monoisotopic (exact) mass is 274 g/mol. The third-order valence-electron chi connectivity index (χ3n) is 2.56. The van der Waals surface area contributed by atoms with Crippen molar-refractivity contribution in [2.24, 2.45) is 4.99 Å². The molecule has 0 unspecified atom stereocenters. The summed E-state index contributed by atoms with van der Waals surface area (Å²) in [6.07, 6.45) is 0. The summed E-state index contributed by atoms with van der Waals surface area (Å²) in [7, 11) is 0. The van der Waals surface area contributed by atoms with Crippen LogP contribution in [0.1, 0.15) is 11.1 Å². The maximum atomic E-state index is 10.5. The van der Waals surface area contributed by atoms with E-state index >= 15 is 0 Å². The Hall–Kier alpha value is -2.20. The van der Waals surface area contributed by atoms with Crippen LogP contribution in [-0.2, 0) is 6.54 Å². The lowest BCUT2D eigenvalue weighted by Crippen LogP contribution is -1.93. The van der Waals surface area contributed by atoms with Crippen molar-refractivity contribution in [3.05, 3.63) is 75.8 Å². The van der Waals surface area contributed by atoms with Gasteiger partial charge in [-0.1, -0.05) is 54.1 Å². The van der Waals surface area contributed by atoms with Crippen molar-refractivity contribution in [1.29, 1.82) is 0 Å². The topological polar surface area (TPSA) is 55.5 Å². The average molecular weight is 275 g/mol. The zero-order valence-electron chi connectivity index (χ0n) is 9.99. The highest BCUT2D eigenvalue weighted by molar-refractivity contribution is 6.69. The van der Waals surface area contributed by atoms with Crippen molar-refractivity contribution in [1.82, 2.24) is 0 Å². The van der Waals surface area contributed by atoms with Crippen LogP contribution in [0, 0.1) is 10.1 Å². The molecule has 0 aliphatic rings. The second-order valence-electron chi connectivity index (χ2n) is 3.90. The summed E-state index contributed by atoms with van der Waals surface area (Å²) in [5.74, 6) is 0. The molecule has 0 aliphatic carbocycles. The zero-order chi connectivity index (χ0) is 13.7. The lowest BCUT2D eigenvalue weighted by Gasteiger charge is -1.99. The fraction of sp³-hybridized carbons (Fsp3) is 0.0714. The summed E-state index contributed by atoms with van der Waals surface area (Å²) < 4.78 is 0. The van der Waals surface area contributed by atoms with Gasteiger partial charge in [0.25, 0.3) is 5.69 Å². The molecular formula is C14H11ClN2O2. The van der Waals surface area contributed by atoms with E-state index in [-0.39, 0.29) is 5.69 Å². The van der Waals surface area contributed by atoms with Crippen LogP contribution in [0.25, 0.3) is 0 Å². The number of halogens is 1. The van der Waals surface area contributed by atoms with Crippen LogP contribution in [0.4, 0.5) is 5.69 Å². The molecule has 5 heteroatoms. The van der Waals surface area contributed by atoms with Crippen LogP contribution in [0.2, 0.25) is 0 Å². The first kappa shape index (κ1) is 13.2. The summed E-state index contributed by atoms with van der Waals surface area (Å²) in [5.41, 5.74) is 1.80. The molecule has 2 aromatic rings. The zero-order valence-corrected chi connectivity index (χ0v) is 10.7. The Bertz CT molecular complexity index is 595. The standard InChI is InChI=1S/C14H11ClN2O2/c15-14(12-4-2-1-3-5-12)16-10-11-6-8-13(9-7-11)17(18)19/h1-9H,10H2/b16-14-. The van der Waals surface area contributed by atoms with Crippen LogP contribution in [0.15, 0.2) is 59.6 Å². The highest BCUT2D eigenvalue weighted by Gasteiger charge is 2.04. The Balaban J connectivity index is 2.08. The van der Waals surface area contributed by atoms with Crippen molar-refractivity contribution >= 4 is 22.5 Å². The molecule has 0 fully saturated rings. The number of non-ortho nitro benzene ring substituents is 1. The fourth-order valence-corrected chi connectivity index (χ4v) is 1.74. The Morgan fingerprint density at radius 2 is 1.74 bits per heavy atom. The largest absolute Gasteiger partial charge is 0.269 e. The van der Waals surface area contributed by atoms with Crippen LogP contribution >= 0.6 is 11.6 Å². The summed E-state index contributed by atoms with van der Waals surface area (Å²) in [6, 6.07) is 15.7. The van der Waals surface area contributed by atoms with Gasteiger partial charge in [0, 0.05) is 17.7 Å². The highest BCUT2D eigenvalue weighted by atomic mass is 35.5. The van der Waals surface area contributed by atoms with Crippen molar-refractivity contribution < 1.29 is 4.92 Å². The maximum Gasteiger partial charge on any atom is 0.269 e. The fourth-order valence-electron chi connectivity index (χ4n) is 1.55. The summed E-state index contributed by atoms with van der Waals surface area (Å²) in [4.78, 5) is 14.3. The van der Waals surface area contributed by atoms with E-state index in [9.17, 15) is 10.1 Å². The predicted octanol–water partition coefficient (Wildman–Crippen LogP) is 3.78. The molecule has 0 bridgehead atoms. The predicted molar refractivity (Wildman–Crippen MR) is 75.6 cm³/mol. The van der Waals surface area contributed by atoms with Gasteiger partial charge in [0.15, 0.2) is 0 Å². The Kier molecular flexibility index (Phi) is 4.26. The lowest BCUT2D eigenvalue weighted by molar-refractivity contribution is -0.384. The van der Waals surface area contributed by atoms with Crippen LogP contribution in [-0.4, -0.2) is 10.1 Å². The van der Waals surface area contributed by atoms with E-state index < -0.39 is 4.92 Å². The van der Waals surface area contributed by atoms with Crippen LogP contribution in [0.5, 0.6) is 0 Å². The molecule has 0 spiro atoms. The van der Waals surface area contributed by atoms with Gasteiger partial charge in [-0.15, -0.1) is 0 Å². The van der Waals surface area contributed by atoms with E-state index in [0.29, 0.717) is 11.7 Å². The molecule has 0 atom stereocenters. The molecule has 96 valence electrons. The van der Waals surface area contributed by atoms with Crippen molar-refractivity contribution in [3.8, 4) is 0 Å². The number of nitro benzene ring substituents is 1. The minimum absolute atomic E-state index is 0.0712. The van der Waals surface area contributed by atoms with Crippen LogP contribution < -0.4 is 0 Å². The molecule has 4 nitrogen and oxygen atoms in total. The Morgan fingerprint density at radius 1 is 1.11 bits per heavy atom. The van der Waals surface area contributed by atoms with Crippen molar-refractivity contribution in [2.45, 2.75) is 6.54 Å². The van der Waals surface area contributed by atoms with Gasteiger partial charge >= 0.3 is 0 Å². The molecule has 19 heavy (non-hydrogen) atoms. The van der Waals surface area contributed by atoms with Crippen molar-refractivity contribution in [3.63, 3.8) is 0 Å². The van der Waals surface area contributed by atoms with Gasteiger partial charge in [-0.05, 0) is 5.56 Å². The Labute approximate surface area is 115 Å². The molecule has 0 saturated heterocycles. The van der Waals surface area contributed by atoms with Gasteiger partial charge in [0.2, 0.25) is 0 Å². The first-order chi connectivity index (χ1) is 9.16. The molecule has 0 N–H and O–H groups in total. The molecule has 0 heterocycles. The molecule has 0 amide bonds. The van der Waals surface area contributed by atoms with E-state index in [4.69, 9.17) is 11.6 Å². The summed E-state index contributed by atoms with van der Waals surface area (Å²) in [5, 5.41) is 10.9. The summed E-state index contributed by atoms with van der Waals surface area (Å²) >= 11 is 6.08. The third kappa shape index (κ3) is 3.63. The van der Waals surface area contributed by atoms with E-state index in [2.05, 4.69) is 4.99 Å².